The van der Waals surface area contributed by atoms with Gasteiger partial charge >= 0.3 is 42.1 Å². The van der Waals surface area contributed by atoms with Crippen molar-refractivity contribution in [3.63, 3.8) is 0 Å². The van der Waals surface area contributed by atoms with Gasteiger partial charge in [-0.1, -0.05) is 40.8 Å². The number of nitrogens with one attached hydrogen (secondary N) is 4. The van der Waals surface area contributed by atoms with E-state index in [0.29, 0.717) is 98.3 Å². The SMILES string of the molecule is C.C.CCC(=O)Cl.CCC(=O)Oc1c(OC)c(C)cc2c1[C@@H]1C3Cc4c(OC(C)=O)c(C)c5c(c4[C@H](CNC(=O)[C@H](C)NC(=O)C(F)(F)F)N3[C@@H](C#N)[C@H](C2)N1C)OCO5.COc1c(C)cc2c(c1O)[C@@H]1C3Cc4c(OC(C)=O)c(C)c5c(c4[C@H](CNC(=O)[C@H](C)NC(=O)C(F)(F)F)N3[C@@H](C#N)[C@H](C2)N1C)OCO5. The van der Waals surface area contributed by atoms with E-state index in [1.807, 2.05) is 54.8 Å². The molecule has 0 aliphatic carbocycles. The molecule has 109 heavy (non-hydrogen) atoms. The van der Waals surface area contributed by atoms with Gasteiger partial charge in [0.2, 0.25) is 30.6 Å². The number of amides is 4. The molecule has 8 aliphatic heterocycles. The molecule has 8 aliphatic rings. The van der Waals surface area contributed by atoms with Gasteiger partial charge in [-0.05, 0) is 115 Å². The molecule has 0 spiro atoms. The molecule has 35 heteroatoms. The molecule has 4 amide bonds. The van der Waals surface area contributed by atoms with Crippen LogP contribution in [-0.4, -0.2) is 187 Å². The number of carbonyl (C=O) groups is 8. The number of hydrogen-bond acceptors (Lipinski definition) is 24. The van der Waals surface area contributed by atoms with Crippen LogP contribution < -0.4 is 63.9 Å². The fourth-order valence-electron chi connectivity index (χ4n) is 16.3. The number of nitriles is 2. The number of fused-ring (bicyclic) bond motifs is 18. The Labute approximate surface area is 630 Å². The molecule has 2 fully saturated rings. The lowest BCUT2D eigenvalue weighted by Crippen LogP contribution is -2.69. The second kappa shape index (κ2) is 33.1. The number of piperazine rings is 2. The van der Waals surface area contributed by atoms with E-state index in [-0.39, 0.29) is 95.1 Å². The predicted molar refractivity (Wildman–Crippen MR) is 377 cm³/mol. The van der Waals surface area contributed by atoms with Crippen molar-refractivity contribution >= 4 is 58.4 Å². The first-order valence-corrected chi connectivity index (χ1v) is 34.6. The Morgan fingerprint density at radius 1 is 0.578 bits per heavy atom. The topological polar surface area (TPSA) is 349 Å². The quantitative estimate of drug-likeness (QED) is 0.0323. The van der Waals surface area contributed by atoms with Crippen LogP contribution in [0.4, 0.5) is 26.3 Å². The van der Waals surface area contributed by atoms with Gasteiger partial charge in [0.25, 0.3) is 0 Å². The van der Waals surface area contributed by atoms with Crippen molar-refractivity contribution in [1.82, 2.24) is 40.9 Å². The van der Waals surface area contributed by atoms with Crippen molar-refractivity contribution in [2.75, 3.05) is 55.0 Å². The van der Waals surface area contributed by atoms with E-state index in [9.17, 15) is 80.3 Å². The maximum atomic E-state index is 13.3. The fourth-order valence-corrected chi connectivity index (χ4v) is 16.3. The zero-order valence-electron chi connectivity index (χ0n) is 60.9. The second-order valence-corrected chi connectivity index (χ2v) is 27.5. The van der Waals surface area contributed by atoms with E-state index in [1.54, 1.807) is 38.3 Å². The van der Waals surface area contributed by atoms with E-state index < -0.39 is 120 Å². The summed E-state index contributed by atoms with van der Waals surface area (Å²) in [5, 5.41) is 41.7. The highest BCUT2D eigenvalue weighted by molar-refractivity contribution is 6.63. The maximum absolute atomic E-state index is 13.3. The zero-order valence-corrected chi connectivity index (χ0v) is 61.6. The lowest BCUT2D eigenvalue weighted by atomic mass is 9.71. The summed E-state index contributed by atoms with van der Waals surface area (Å²) in [7, 11) is 6.71. The minimum Gasteiger partial charge on any atom is -0.504 e. The number of phenols is 1. The molecule has 0 radical (unpaired) electrons. The number of nitrogens with zero attached hydrogens (tertiary/aromatic N) is 6. The summed E-state index contributed by atoms with van der Waals surface area (Å²) in [6, 6.07) is -0.619. The fraction of sp³-hybridized carbons (Fsp3) is 0.541. The van der Waals surface area contributed by atoms with Gasteiger partial charge in [-0.25, -0.2) is 0 Å². The van der Waals surface area contributed by atoms with Gasteiger partial charge < -0.3 is 69.0 Å². The van der Waals surface area contributed by atoms with Gasteiger partial charge in [0, 0.05) is 108 Å². The molecule has 0 saturated carbocycles. The second-order valence-electron chi connectivity index (χ2n) is 27.1. The molecule has 2 saturated heterocycles. The van der Waals surface area contributed by atoms with E-state index in [0.717, 1.165) is 36.1 Å². The lowest BCUT2D eigenvalue weighted by molar-refractivity contribution is -0.174. The molecule has 4 aromatic rings. The van der Waals surface area contributed by atoms with Crippen LogP contribution >= 0.6 is 11.6 Å². The molecule has 4 bridgehead atoms. The minimum absolute atomic E-state index is 0. The Morgan fingerprint density at radius 2 is 0.954 bits per heavy atom. The number of ether oxygens (including phenoxy) is 9. The van der Waals surface area contributed by atoms with E-state index in [4.69, 9.17) is 54.2 Å². The Balaban J connectivity index is 0.000000254. The van der Waals surface area contributed by atoms with Gasteiger partial charge in [0.05, 0.1) is 50.5 Å². The van der Waals surface area contributed by atoms with Gasteiger partial charge in [0.1, 0.15) is 35.7 Å². The first-order chi connectivity index (χ1) is 50.4. The van der Waals surface area contributed by atoms with Crippen molar-refractivity contribution in [1.29, 1.82) is 10.5 Å². The summed E-state index contributed by atoms with van der Waals surface area (Å²) in [4.78, 5) is 105. The van der Waals surface area contributed by atoms with Crippen molar-refractivity contribution in [2.45, 2.75) is 207 Å². The molecule has 28 nitrogen and oxygen atoms in total. The molecule has 592 valence electrons. The molecular formula is C74H89ClF6N10O18. The van der Waals surface area contributed by atoms with E-state index in [1.165, 1.54) is 28.1 Å². The largest absolute Gasteiger partial charge is 0.504 e. The Kier molecular flexibility index (Phi) is 25.8. The number of halogens is 7. The van der Waals surface area contributed by atoms with Crippen LogP contribution in [0.25, 0.3) is 0 Å². The van der Waals surface area contributed by atoms with Crippen LogP contribution in [0, 0.1) is 50.4 Å². The van der Waals surface area contributed by atoms with Crippen molar-refractivity contribution < 1.29 is 112 Å². The average Bonchev–Trinajstić information content (AvgIpc) is 1.44. The average molecular weight is 1560 g/mol. The number of likely N-dealkylation sites (N-methyl/N-ethyl adjacent to an activating group) is 2. The molecule has 12 rings (SSSR count). The first-order valence-electron chi connectivity index (χ1n) is 34.2. The van der Waals surface area contributed by atoms with E-state index >= 15 is 0 Å². The number of phenolic OH excluding ortho intramolecular Hbond substituents is 1. The summed E-state index contributed by atoms with van der Waals surface area (Å²) < 4.78 is 130. The number of aryl methyl sites for hydroxylation is 2. The van der Waals surface area contributed by atoms with Gasteiger partial charge in [-0.3, -0.25) is 58.0 Å². The number of benzene rings is 4. The van der Waals surface area contributed by atoms with Crippen LogP contribution in [0.15, 0.2) is 12.1 Å². The van der Waals surface area contributed by atoms with Gasteiger partial charge in [-0.15, -0.1) is 0 Å². The first kappa shape index (κ1) is 84.7. The highest BCUT2D eigenvalue weighted by Gasteiger charge is 2.60. The third kappa shape index (κ3) is 15.7. The summed E-state index contributed by atoms with van der Waals surface area (Å²) in [5.74, 6) is -5.38. The van der Waals surface area contributed by atoms with Crippen LogP contribution in [-0.2, 0) is 64.0 Å². The van der Waals surface area contributed by atoms with Gasteiger partial charge in [-0.2, -0.15) is 36.9 Å². The number of rotatable bonds is 15. The zero-order chi connectivity index (χ0) is 78.6. The highest BCUT2D eigenvalue weighted by atomic mass is 35.5. The third-order valence-electron chi connectivity index (χ3n) is 20.7. The maximum Gasteiger partial charge on any atom is 0.471 e. The smallest absolute Gasteiger partial charge is 0.471 e. The lowest BCUT2D eigenvalue weighted by Gasteiger charge is -2.60. The standard InChI is InChI=1S/C36H40F3N5O9.C33H36F3N5O8.C3H5ClO.2CH4/c1-8-25(46)53-33-26-19(9-15(2)29(33)49-7)10-21-23(12-40)44-22(28(26)43(21)6)11-20-27(32-31(50-14-51-32)16(3)30(20)52-18(5)45)24(44)13-41-34(47)17(4)42-35(48)36(37,38)39;1-13-7-17-8-19-21(10-37)41-20(25(40(19)5)23(17)26(43)27(13)46-6)9-18-24(30-29(47-12-48-30)14(2)28(18)49-16(4)42)22(41)11-38-31(44)15(3)39-32(45)33(34,35)36;1-2-3(4)5;;/h9,17,21-24,28H,8,10-11,13-14H2,1-7H3,(H,41,47)(H,42,48);7,15,19-22,25,43H,8-9,11-12H2,1-6H3,(H,38,44)(H,39,45);2H2,1H3;2*1H4/t17-,21-,22?,23-,24-,28-;15-,19-,20?,21-,22-,25-;;;/m00.../s1. The Hall–Kier alpha value is -9.87. The summed E-state index contributed by atoms with van der Waals surface area (Å²) in [6.07, 6.45) is -8.68. The molecule has 8 heterocycles. The molecule has 5 N–H and O–H groups in total. The van der Waals surface area contributed by atoms with Crippen LogP contribution in [0.5, 0.6) is 57.5 Å². The number of esters is 3. The predicted octanol–water partition coefficient (Wildman–Crippen LogP) is 8.30. The molecule has 0 aromatic heterocycles. The Bertz CT molecular complexity index is 4390. The van der Waals surface area contributed by atoms with Crippen LogP contribution in [0.2, 0.25) is 0 Å². The summed E-state index contributed by atoms with van der Waals surface area (Å²) >= 11 is 4.82. The van der Waals surface area contributed by atoms with Crippen LogP contribution in [0.1, 0.15) is 160 Å². The number of alkyl halides is 6. The molecular weight excluding hydrogens is 1470 g/mol. The van der Waals surface area contributed by atoms with Crippen LogP contribution in [0.3, 0.4) is 0 Å². The number of hydrogen-bond donors (Lipinski definition) is 5. The Morgan fingerprint density at radius 3 is 1.31 bits per heavy atom. The number of methoxy groups -OCH3 is 2. The third-order valence-corrected chi connectivity index (χ3v) is 21.0. The van der Waals surface area contributed by atoms with Crippen molar-refractivity contribution in [2.24, 2.45) is 0 Å². The summed E-state index contributed by atoms with van der Waals surface area (Å²) in [6.45, 7) is 14.5. The summed E-state index contributed by atoms with van der Waals surface area (Å²) in [5.41, 5.74) is 7.55. The van der Waals surface area contributed by atoms with Crippen molar-refractivity contribution in [3.05, 3.63) is 78.9 Å². The highest BCUT2D eigenvalue weighted by Crippen LogP contribution is 2.61. The minimum atomic E-state index is -5.20. The van der Waals surface area contributed by atoms with Crippen molar-refractivity contribution in [3.8, 4) is 69.6 Å². The monoisotopic (exact) mass is 1550 g/mol. The molecule has 4 aromatic carbocycles. The number of aromatic hydroxyl groups is 1. The number of carbonyl (C=O) groups excluding carboxylic acids is 8. The normalized spacial score (nSPS) is 22.7. The molecule has 12 atom stereocenters. The molecule has 2 unspecified atom stereocenters. The van der Waals surface area contributed by atoms with Gasteiger partial charge in [0.15, 0.2) is 46.0 Å². The van der Waals surface area contributed by atoms with E-state index in [2.05, 4.69) is 27.7 Å².